The van der Waals surface area contributed by atoms with Crippen molar-refractivity contribution in [3.8, 4) is 22.9 Å². The minimum Gasteiger partial charge on any atom is -0.491 e. The number of aryl methyl sites for hydroxylation is 1. The van der Waals surface area contributed by atoms with E-state index < -0.39 is 7.12 Å². The number of rotatable bonds is 6. The lowest BCUT2D eigenvalue weighted by molar-refractivity contribution is 0.283. The molecule has 0 aromatic carbocycles. The van der Waals surface area contributed by atoms with Crippen molar-refractivity contribution in [2.75, 3.05) is 20.3 Å². The van der Waals surface area contributed by atoms with E-state index in [-0.39, 0.29) is 5.92 Å². The topological polar surface area (TPSA) is 73.7 Å². The Bertz CT molecular complexity index is 741. The van der Waals surface area contributed by atoms with Crippen LogP contribution in [0.2, 0.25) is 6.32 Å². The van der Waals surface area contributed by atoms with Crippen LogP contribution in [0.4, 0.5) is 0 Å². The van der Waals surface area contributed by atoms with Gasteiger partial charge in [0.1, 0.15) is 0 Å². The van der Waals surface area contributed by atoms with Gasteiger partial charge in [0.15, 0.2) is 5.75 Å². The van der Waals surface area contributed by atoms with Crippen LogP contribution >= 0.6 is 0 Å². The highest BCUT2D eigenvalue weighted by atomic mass is 16.5. The normalized spacial score (nSPS) is 17.0. The molecule has 0 unspecified atom stereocenters. The van der Waals surface area contributed by atoms with Crippen molar-refractivity contribution in [1.29, 1.82) is 0 Å². The van der Waals surface area contributed by atoms with Crippen molar-refractivity contribution < 1.29 is 19.2 Å². The average Bonchev–Trinajstić information content (AvgIpc) is 3.06. The third-order valence-corrected chi connectivity index (χ3v) is 4.32. The molecule has 1 atom stereocenters. The molecule has 0 spiro atoms. The Balaban J connectivity index is 1.95. The molecule has 0 bridgehead atoms. The summed E-state index contributed by atoms with van der Waals surface area (Å²) in [5, 5.41) is 9.59. The Morgan fingerprint density at radius 3 is 2.92 bits per heavy atom. The minimum absolute atomic E-state index is 0.149. The van der Waals surface area contributed by atoms with Crippen LogP contribution in [0, 0.1) is 6.92 Å². The third kappa shape index (κ3) is 3.94. The Morgan fingerprint density at radius 2 is 2.24 bits per heavy atom. The van der Waals surface area contributed by atoms with Gasteiger partial charge in [-0.3, -0.25) is 4.98 Å². The van der Waals surface area contributed by atoms with Gasteiger partial charge in [-0.25, -0.2) is 4.98 Å². The van der Waals surface area contributed by atoms with E-state index in [0.29, 0.717) is 31.2 Å². The summed E-state index contributed by atoms with van der Waals surface area (Å²) in [4.78, 5) is 9.14. The van der Waals surface area contributed by atoms with Crippen molar-refractivity contribution in [2.24, 2.45) is 0 Å². The number of ether oxygens (including phenoxy) is 2. The minimum atomic E-state index is -0.692. The molecular formula is C18H23BN2O4. The number of hydrogen-bond donors (Lipinski definition) is 1. The lowest BCUT2D eigenvalue weighted by atomic mass is 9.79. The lowest BCUT2D eigenvalue weighted by Gasteiger charge is -2.14. The van der Waals surface area contributed by atoms with E-state index in [1.165, 1.54) is 0 Å². The van der Waals surface area contributed by atoms with Crippen molar-refractivity contribution >= 4 is 7.12 Å². The zero-order valence-electron chi connectivity index (χ0n) is 14.9. The second kappa shape index (κ2) is 7.84. The van der Waals surface area contributed by atoms with E-state index in [4.69, 9.17) is 14.1 Å². The average molecular weight is 342 g/mol. The summed E-state index contributed by atoms with van der Waals surface area (Å²) in [6.45, 7) is 5.09. The second-order valence-corrected chi connectivity index (χ2v) is 6.17. The summed E-state index contributed by atoms with van der Waals surface area (Å²) in [6, 6.07) is 5.85. The van der Waals surface area contributed by atoms with Crippen LogP contribution in [0.5, 0.6) is 11.6 Å². The predicted molar refractivity (Wildman–Crippen MR) is 96.0 cm³/mol. The van der Waals surface area contributed by atoms with Gasteiger partial charge in [0, 0.05) is 30.0 Å². The van der Waals surface area contributed by atoms with E-state index in [9.17, 15) is 5.02 Å². The largest absolute Gasteiger partial charge is 0.491 e. The summed E-state index contributed by atoms with van der Waals surface area (Å²) in [5.74, 6) is 1.26. The fourth-order valence-corrected chi connectivity index (χ4v) is 2.91. The van der Waals surface area contributed by atoms with Crippen LogP contribution in [0.15, 0.2) is 24.4 Å². The Morgan fingerprint density at radius 1 is 1.40 bits per heavy atom. The molecule has 3 heterocycles. The van der Waals surface area contributed by atoms with Crippen LogP contribution in [0.1, 0.15) is 30.5 Å². The van der Waals surface area contributed by atoms with Gasteiger partial charge in [0.2, 0.25) is 0 Å². The van der Waals surface area contributed by atoms with Gasteiger partial charge in [0.05, 0.1) is 19.4 Å². The van der Waals surface area contributed by atoms with E-state index in [1.807, 2.05) is 32.2 Å². The molecule has 1 saturated heterocycles. The zero-order valence-corrected chi connectivity index (χ0v) is 14.9. The fraction of sp³-hybridized carbons (Fsp3) is 0.444. The molecule has 0 aliphatic carbocycles. The van der Waals surface area contributed by atoms with Crippen molar-refractivity contribution in [2.45, 2.75) is 32.5 Å². The van der Waals surface area contributed by atoms with Crippen LogP contribution in [-0.2, 0) is 4.65 Å². The summed E-state index contributed by atoms with van der Waals surface area (Å²) < 4.78 is 16.3. The molecule has 1 aliphatic heterocycles. The van der Waals surface area contributed by atoms with Crippen molar-refractivity contribution in [3.63, 3.8) is 0 Å². The maximum absolute atomic E-state index is 9.59. The van der Waals surface area contributed by atoms with Gasteiger partial charge < -0.3 is 19.2 Å². The number of pyridine rings is 2. The first kappa shape index (κ1) is 17.7. The second-order valence-electron chi connectivity index (χ2n) is 6.17. The van der Waals surface area contributed by atoms with Crippen LogP contribution < -0.4 is 9.47 Å². The fourth-order valence-electron chi connectivity index (χ4n) is 2.91. The van der Waals surface area contributed by atoms with Gasteiger partial charge >= 0.3 is 7.12 Å². The smallest absolute Gasteiger partial charge is 0.454 e. The van der Waals surface area contributed by atoms with Gasteiger partial charge in [-0.1, -0.05) is 6.92 Å². The summed E-state index contributed by atoms with van der Waals surface area (Å²) >= 11 is 0. The Labute approximate surface area is 148 Å². The summed E-state index contributed by atoms with van der Waals surface area (Å²) in [6.07, 6.45) is 3.34. The summed E-state index contributed by atoms with van der Waals surface area (Å²) in [7, 11) is 0.914. The molecule has 0 radical (unpaired) electrons. The zero-order chi connectivity index (χ0) is 17.8. The van der Waals surface area contributed by atoms with Gasteiger partial charge in [-0.05, 0) is 43.4 Å². The maximum atomic E-state index is 9.59. The molecule has 0 saturated carbocycles. The van der Waals surface area contributed by atoms with E-state index in [0.717, 1.165) is 28.9 Å². The Kier molecular flexibility index (Phi) is 5.55. The molecule has 6 nitrogen and oxygen atoms in total. The summed E-state index contributed by atoms with van der Waals surface area (Å²) in [5.41, 5.74) is 3.68. The quantitative estimate of drug-likeness (QED) is 0.814. The van der Waals surface area contributed by atoms with Gasteiger partial charge in [-0.15, -0.1) is 0 Å². The van der Waals surface area contributed by atoms with E-state index in [2.05, 4.69) is 16.0 Å². The van der Waals surface area contributed by atoms with Crippen LogP contribution in [0.25, 0.3) is 11.3 Å². The number of hydrogen-bond acceptors (Lipinski definition) is 6. The highest BCUT2D eigenvalue weighted by Crippen LogP contribution is 2.33. The number of aromatic nitrogens is 2. The first-order chi connectivity index (χ1) is 12.1. The molecule has 25 heavy (non-hydrogen) atoms. The van der Waals surface area contributed by atoms with Crippen LogP contribution in [0.3, 0.4) is 0 Å². The predicted octanol–water partition coefficient (Wildman–Crippen LogP) is 2.84. The monoisotopic (exact) mass is 342 g/mol. The van der Waals surface area contributed by atoms with Crippen LogP contribution in [-0.4, -0.2) is 42.4 Å². The van der Waals surface area contributed by atoms with Crippen molar-refractivity contribution in [1.82, 2.24) is 9.97 Å². The van der Waals surface area contributed by atoms with Crippen molar-refractivity contribution in [3.05, 3.63) is 35.7 Å². The molecule has 1 aliphatic rings. The van der Waals surface area contributed by atoms with Gasteiger partial charge in [-0.2, -0.15) is 0 Å². The molecule has 2 aromatic rings. The van der Waals surface area contributed by atoms with E-state index >= 15 is 0 Å². The first-order valence-corrected chi connectivity index (χ1v) is 8.56. The lowest BCUT2D eigenvalue weighted by Crippen LogP contribution is -2.07. The molecule has 2 aromatic heterocycles. The highest BCUT2D eigenvalue weighted by molar-refractivity contribution is 6.43. The molecule has 1 N–H and O–H groups in total. The third-order valence-electron chi connectivity index (χ3n) is 4.32. The molecule has 1 fully saturated rings. The van der Waals surface area contributed by atoms with Gasteiger partial charge in [0.25, 0.3) is 5.88 Å². The standard InChI is InChI=1S/C18H23BN2O4/c1-4-7-24-18-17(23-3)6-5-16(21-18)15-8-13(10-20-12(15)2)14-9-19(22)25-11-14/h5-6,8,10,14,22H,4,7,9,11H2,1-3H3/t14-/m1/s1. The number of nitrogens with zero attached hydrogens (tertiary/aromatic N) is 2. The highest BCUT2D eigenvalue weighted by Gasteiger charge is 2.30. The number of methoxy groups -OCH3 is 1. The SMILES string of the molecule is CCCOc1nc(-c2cc([C@H]3COB(O)C3)cnc2C)ccc1OC. The molecule has 0 amide bonds. The van der Waals surface area contributed by atoms with E-state index in [1.54, 1.807) is 7.11 Å². The first-order valence-electron chi connectivity index (χ1n) is 8.56. The maximum Gasteiger partial charge on any atom is 0.454 e. The Hall–Kier alpha value is -2.12. The molecule has 7 heteroatoms. The molecule has 3 rings (SSSR count). The molecule has 132 valence electrons. The molecular weight excluding hydrogens is 319 g/mol.